The third-order valence-corrected chi connectivity index (χ3v) is 3.39. The summed E-state index contributed by atoms with van der Waals surface area (Å²) >= 11 is 5.81. The van der Waals surface area contributed by atoms with Crippen molar-refractivity contribution in [2.75, 3.05) is 0 Å². The maximum absolute atomic E-state index is 10.6. The number of hydrogen-bond acceptors (Lipinski definition) is 4. The lowest BCUT2D eigenvalue weighted by Gasteiger charge is -1.99. The van der Waals surface area contributed by atoms with Gasteiger partial charge >= 0.3 is 0 Å². The van der Waals surface area contributed by atoms with Crippen LogP contribution >= 0.6 is 24.0 Å². The zero-order valence-electron chi connectivity index (χ0n) is 7.23. The molecule has 2 aromatic rings. The van der Waals surface area contributed by atoms with Gasteiger partial charge in [-0.25, -0.2) is 0 Å². The summed E-state index contributed by atoms with van der Waals surface area (Å²) in [4.78, 5) is 11.3. The van der Waals surface area contributed by atoms with Gasteiger partial charge in [0.15, 0.2) is 0 Å². The Morgan fingerprint density at radius 1 is 1.50 bits per heavy atom. The van der Waals surface area contributed by atoms with Crippen LogP contribution in [-0.2, 0) is 6.61 Å². The number of aldehydes is 1. The lowest BCUT2D eigenvalue weighted by atomic mass is 10.1. The minimum atomic E-state index is 0.00793. The number of fused-ring (bicyclic) bond motifs is 1. The van der Waals surface area contributed by atoms with Gasteiger partial charge in [0, 0.05) is 20.5 Å². The standard InChI is InChI=1S/C10H8O2S2/c11-3-6-1-8(13)10-7(4-12)5-14-9(10)2-6/h1-3,5,12-13H,4H2. The first-order valence-electron chi connectivity index (χ1n) is 4.05. The summed E-state index contributed by atoms with van der Waals surface area (Å²) in [6.45, 7) is 0.00793. The number of hydrogen-bond donors (Lipinski definition) is 2. The molecule has 0 spiro atoms. The first-order chi connectivity index (χ1) is 6.76. The van der Waals surface area contributed by atoms with Crippen LogP contribution in [0, 0.1) is 0 Å². The van der Waals surface area contributed by atoms with Gasteiger partial charge in [0.25, 0.3) is 0 Å². The third-order valence-electron chi connectivity index (χ3n) is 2.06. The van der Waals surface area contributed by atoms with Crippen LogP contribution in [0.1, 0.15) is 15.9 Å². The van der Waals surface area contributed by atoms with Crippen molar-refractivity contribution in [1.29, 1.82) is 0 Å². The van der Waals surface area contributed by atoms with Crippen LogP contribution in [0.5, 0.6) is 0 Å². The summed E-state index contributed by atoms with van der Waals surface area (Å²) in [5, 5.41) is 11.9. The van der Waals surface area contributed by atoms with E-state index in [0.717, 1.165) is 26.8 Å². The van der Waals surface area contributed by atoms with E-state index in [-0.39, 0.29) is 6.61 Å². The first kappa shape index (κ1) is 9.71. The highest BCUT2D eigenvalue weighted by molar-refractivity contribution is 7.80. The van der Waals surface area contributed by atoms with E-state index < -0.39 is 0 Å². The van der Waals surface area contributed by atoms with Gasteiger partial charge in [0.05, 0.1) is 6.61 Å². The molecule has 0 saturated heterocycles. The monoisotopic (exact) mass is 224 g/mol. The molecule has 0 amide bonds. The maximum Gasteiger partial charge on any atom is 0.150 e. The normalized spacial score (nSPS) is 10.7. The van der Waals surface area contributed by atoms with Gasteiger partial charge in [-0.15, -0.1) is 24.0 Å². The molecule has 2 rings (SSSR count). The van der Waals surface area contributed by atoms with E-state index in [1.54, 1.807) is 6.07 Å². The van der Waals surface area contributed by atoms with Gasteiger partial charge < -0.3 is 5.11 Å². The summed E-state index contributed by atoms with van der Waals surface area (Å²) in [5.41, 5.74) is 1.49. The van der Waals surface area contributed by atoms with Crippen LogP contribution in [0.4, 0.5) is 0 Å². The third kappa shape index (κ3) is 1.45. The smallest absolute Gasteiger partial charge is 0.150 e. The van der Waals surface area contributed by atoms with E-state index in [0.29, 0.717) is 5.56 Å². The van der Waals surface area contributed by atoms with Crippen molar-refractivity contribution < 1.29 is 9.90 Å². The molecular formula is C10H8O2S2. The predicted octanol–water partition coefficient (Wildman–Crippen LogP) is 2.49. The molecule has 1 heterocycles. The average molecular weight is 224 g/mol. The fraction of sp³-hybridized carbons (Fsp3) is 0.100. The molecule has 0 radical (unpaired) electrons. The van der Waals surface area contributed by atoms with Gasteiger partial charge in [-0.1, -0.05) is 0 Å². The van der Waals surface area contributed by atoms with E-state index in [9.17, 15) is 4.79 Å². The maximum atomic E-state index is 10.6. The Morgan fingerprint density at radius 3 is 2.93 bits per heavy atom. The second-order valence-electron chi connectivity index (χ2n) is 2.95. The van der Waals surface area contributed by atoms with Crippen molar-refractivity contribution in [3.63, 3.8) is 0 Å². The molecule has 0 saturated carbocycles. The highest BCUT2D eigenvalue weighted by atomic mass is 32.1. The number of carbonyl (C=O) groups is 1. The number of benzene rings is 1. The van der Waals surface area contributed by atoms with Crippen LogP contribution in [0.15, 0.2) is 22.4 Å². The quantitative estimate of drug-likeness (QED) is 0.607. The van der Waals surface area contributed by atoms with Crippen molar-refractivity contribution >= 4 is 40.3 Å². The topological polar surface area (TPSA) is 37.3 Å². The minimum absolute atomic E-state index is 0.00793. The Labute approximate surface area is 90.6 Å². The van der Waals surface area contributed by atoms with Crippen LogP contribution in [0.2, 0.25) is 0 Å². The largest absolute Gasteiger partial charge is 0.392 e. The van der Waals surface area contributed by atoms with Crippen LogP contribution in [-0.4, -0.2) is 11.4 Å². The molecule has 1 N–H and O–H groups in total. The number of aliphatic hydroxyl groups is 1. The average Bonchev–Trinajstić information content (AvgIpc) is 2.61. The Morgan fingerprint density at radius 2 is 2.29 bits per heavy atom. The number of thiol groups is 1. The summed E-state index contributed by atoms with van der Waals surface area (Å²) in [6, 6.07) is 3.52. The Balaban J connectivity index is 2.78. The van der Waals surface area contributed by atoms with Crippen molar-refractivity contribution in [1.82, 2.24) is 0 Å². The molecule has 0 fully saturated rings. The number of carbonyl (C=O) groups excluding carboxylic acids is 1. The molecule has 0 unspecified atom stereocenters. The Hall–Kier alpha value is -0.840. The van der Waals surface area contributed by atoms with E-state index in [4.69, 9.17) is 5.11 Å². The van der Waals surface area contributed by atoms with Gasteiger partial charge in [-0.05, 0) is 23.1 Å². The summed E-state index contributed by atoms with van der Waals surface area (Å²) in [7, 11) is 0. The fourth-order valence-corrected chi connectivity index (χ4v) is 2.93. The van der Waals surface area contributed by atoms with Crippen LogP contribution < -0.4 is 0 Å². The summed E-state index contributed by atoms with van der Waals surface area (Å²) in [5.74, 6) is 0. The molecule has 0 aliphatic heterocycles. The van der Waals surface area contributed by atoms with Crippen molar-refractivity contribution in [2.24, 2.45) is 0 Å². The Bertz CT molecular complexity index is 488. The van der Waals surface area contributed by atoms with E-state index in [2.05, 4.69) is 12.6 Å². The molecular weight excluding hydrogens is 216 g/mol. The zero-order valence-corrected chi connectivity index (χ0v) is 8.94. The minimum Gasteiger partial charge on any atom is -0.392 e. The molecule has 0 bridgehead atoms. The van der Waals surface area contributed by atoms with Gasteiger partial charge in [-0.3, -0.25) is 4.79 Å². The van der Waals surface area contributed by atoms with Crippen molar-refractivity contribution in [3.8, 4) is 0 Å². The molecule has 0 atom stereocenters. The van der Waals surface area contributed by atoms with Gasteiger partial charge in [-0.2, -0.15) is 0 Å². The molecule has 1 aromatic heterocycles. The molecule has 0 aliphatic carbocycles. The number of rotatable bonds is 2. The number of thiophene rings is 1. The second-order valence-corrected chi connectivity index (χ2v) is 4.34. The predicted molar refractivity (Wildman–Crippen MR) is 60.4 cm³/mol. The highest BCUT2D eigenvalue weighted by Gasteiger charge is 2.07. The van der Waals surface area contributed by atoms with Crippen LogP contribution in [0.3, 0.4) is 0 Å². The Kier molecular flexibility index (Phi) is 2.58. The highest BCUT2D eigenvalue weighted by Crippen LogP contribution is 2.32. The van der Waals surface area contributed by atoms with Gasteiger partial charge in [0.1, 0.15) is 6.29 Å². The summed E-state index contributed by atoms with van der Waals surface area (Å²) in [6.07, 6.45) is 0.803. The molecule has 0 aliphatic rings. The second kappa shape index (κ2) is 3.73. The molecule has 4 heteroatoms. The summed E-state index contributed by atoms with van der Waals surface area (Å²) < 4.78 is 0.989. The lowest BCUT2D eigenvalue weighted by molar-refractivity contribution is 0.112. The van der Waals surface area contributed by atoms with Crippen molar-refractivity contribution in [2.45, 2.75) is 11.5 Å². The zero-order chi connectivity index (χ0) is 10.1. The molecule has 14 heavy (non-hydrogen) atoms. The lowest BCUT2D eigenvalue weighted by Crippen LogP contribution is -1.83. The molecule has 72 valence electrons. The van der Waals surface area contributed by atoms with Crippen LogP contribution in [0.25, 0.3) is 10.1 Å². The van der Waals surface area contributed by atoms with E-state index >= 15 is 0 Å². The van der Waals surface area contributed by atoms with Gasteiger partial charge in [0.2, 0.25) is 0 Å². The number of aliphatic hydroxyl groups excluding tert-OH is 1. The van der Waals surface area contributed by atoms with E-state index in [1.165, 1.54) is 11.3 Å². The SMILES string of the molecule is O=Cc1cc(S)c2c(CO)csc2c1. The van der Waals surface area contributed by atoms with Crippen molar-refractivity contribution in [3.05, 3.63) is 28.6 Å². The van der Waals surface area contributed by atoms with E-state index in [1.807, 2.05) is 11.4 Å². The fourth-order valence-electron chi connectivity index (χ4n) is 1.42. The molecule has 2 nitrogen and oxygen atoms in total. The molecule has 1 aromatic carbocycles. The first-order valence-corrected chi connectivity index (χ1v) is 5.38.